The molecule has 0 bridgehead atoms. The lowest BCUT2D eigenvalue weighted by atomic mass is 10.0. The van der Waals surface area contributed by atoms with Crippen LogP contribution in [-0.4, -0.2) is 25.3 Å². The summed E-state index contributed by atoms with van der Waals surface area (Å²) >= 11 is 0. The number of nitrogens with zero attached hydrogens (tertiary/aromatic N) is 1. The Bertz CT molecular complexity index is 552. The zero-order valence-corrected chi connectivity index (χ0v) is 14.8. The summed E-state index contributed by atoms with van der Waals surface area (Å²) in [7, 11) is 1.63. The number of unbranched alkanes of at least 4 members (excludes halogenated alkanes) is 3. The molecule has 23 heavy (non-hydrogen) atoms. The Kier molecular flexibility index (Phi) is 8.33. The maximum atomic E-state index is 12.1. The van der Waals surface area contributed by atoms with Gasteiger partial charge >= 0.3 is 0 Å². The molecule has 128 valence electrons. The summed E-state index contributed by atoms with van der Waals surface area (Å²) in [5.41, 5.74) is 9.15. The number of amidine groups is 1. The number of amides is 1. The first-order valence-corrected chi connectivity index (χ1v) is 8.37. The lowest BCUT2D eigenvalue weighted by Gasteiger charge is -2.16. The smallest absolute Gasteiger partial charge is 0.253 e. The molecule has 5 heteroatoms. The van der Waals surface area contributed by atoms with Crippen LogP contribution in [0.4, 0.5) is 5.69 Å². The molecule has 0 spiro atoms. The average Bonchev–Trinajstić information content (AvgIpc) is 2.55. The minimum absolute atomic E-state index is 0.123. The topological polar surface area (TPSA) is 79.5 Å². The van der Waals surface area contributed by atoms with Crippen LogP contribution >= 0.6 is 0 Å². The predicted octanol–water partition coefficient (Wildman–Crippen LogP) is 3.22. The standard InChI is InChI=1S/C18H30N4O/c1-5-6-7-8-9-21-14(3)22-17-15(12-19)10-13(2)11-16(17)18(23)20-4/h10-11H,5-9,12,19H2,1-4H3,(H,20,23)(H,21,22). The molecule has 1 amide bonds. The summed E-state index contributed by atoms with van der Waals surface area (Å²) in [5.74, 6) is 0.687. The lowest BCUT2D eigenvalue weighted by molar-refractivity contribution is 0.0964. The molecule has 1 aromatic carbocycles. The molecule has 0 aliphatic heterocycles. The number of aliphatic imine (C=N–C) groups is 1. The Labute approximate surface area is 139 Å². The molecule has 4 N–H and O–H groups in total. The molecule has 0 radical (unpaired) electrons. The zero-order valence-electron chi connectivity index (χ0n) is 14.8. The maximum absolute atomic E-state index is 12.1. The molecule has 0 fully saturated rings. The number of hydrogen-bond donors (Lipinski definition) is 3. The number of nitrogens with two attached hydrogens (primary N) is 1. The van der Waals surface area contributed by atoms with Gasteiger partial charge in [-0.1, -0.05) is 32.3 Å². The van der Waals surface area contributed by atoms with Crippen molar-refractivity contribution >= 4 is 17.4 Å². The molecule has 0 saturated heterocycles. The van der Waals surface area contributed by atoms with E-state index in [4.69, 9.17) is 5.73 Å². The highest BCUT2D eigenvalue weighted by Crippen LogP contribution is 2.23. The van der Waals surface area contributed by atoms with Crippen LogP contribution < -0.4 is 16.4 Å². The lowest BCUT2D eigenvalue weighted by Crippen LogP contribution is -2.22. The number of nitrogens with one attached hydrogen (secondary N) is 2. The fourth-order valence-electron chi connectivity index (χ4n) is 2.49. The Hall–Kier alpha value is -1.88. The largest absolute Gasteiger partial charge is 0.355 e. The van der Waals surface area contributed by atoms with Crippen LogP contribution in [0.1, 0.15) is 61.0 Å². The van der Waals surface area contributed by atoms with Crippen LogP contribution in [0.3, 0.4) is 0 Å². The molecule has 1 aromatic rings. The van der Waals surface area contributed by atoms with Crippen LogP contribution in [0.5, 0.6) is 0 Å². The molecule has 0 atom stereocenters. The number of carbonyl (C=O) groups is 1. The van der Waals surface area contributed by atoms with Crippen molar-refractivity contribution in [2.45, 2.75) is 53.0 Å². The van der Waals surface area contributed by atoms with Crippen LogP contribution in [0.25, 0.3) is 0 Å². The SMILES string of the molecule is CCCCCCN=C(C)Nc1c(CN)cc(C)cc1C(=O)NC. The quantitative estimate of drug-likeness (QED) is 0.391. The van der Waals surface area contributed by atoms with E-state index in [0.717, 1.165) is 35.6 Å². The average molecular weight is 318 g/mol. The van der Waals surface area contributed by atoms with Crippen molar-refractivity contribution in [3.05, 3.63) is 28.8 Å². The van der Waals surface area contributed by atoms with Gasteiger partial charge in [0, 0.05) is 20.1 Å². The van der Waals surface area contributed by atoms with E-state index in [1.807, 2.05) is 26.0 Å². The van der Waals surface area contributed by atoms with Crippen LogP contribution in [0.15, 0.2) is 17.1 Å². The molecule has 0 aliphatic rings. The van der Waals surface area contributed by atoms with Crippen molar-refractivity contribution in [1.82, 2.24) is 5.32 Å². The first-order chi connectivity index (χ1) is 11.0. The Morgan fingerprint density at radius 1 is 1.26 bits per heavy atom. The summed E-state index contributed by atoms with van der Waals surface area (Å²) in [6, 6.07) is 3.87. The normalized spacial score (nSPS) is 11.4. The summed E-state index contributed by atoms with van der Waals surface area (Å²) in [6.45, 7) is 7.26. The maximum Gasteiger partial charge on any atom is 0.253 e. The monoisotopic (exact) mass is 318 g/mol. The second-order valence-electron chi connectivity index (χ2n) is 5.78. The number of rotatable bonds is 8. The third kappa shape index (κ3) is 6.02. The number of hydrogen-bond acceptors (Lipinski definition) is 3. The molecule has 5 nitrogen and oxygen atoms in total. The second-order valence-corrected chi connectivity index (χ2v) is 5.78. The van der Waals surface area contributed by atoms with Crippen LogP contribution in [0, 0.1) is 6.92 Å². The van der Waals surface area contributed by atoms with Gasteiger partial charge in [0.15, 0.2) is 0 Å². The van der Waals surface area contributed by atoms with E-state index in [9.17, 15) is 4.79 Å². The fourth-order valence-corrected chi connectivity index (χ4v) is 2.49. The third-order valence-corrected chi connectivity index (χ3v) is 3.72. The van der Waals surface area contributed by atoms with E-state index in [2.05, 4.69) is 22.5 Å². The van der Waals surface area contributed by atoms with Crippen molar-refractivity contribution in [2.24, 2.45) is 10.7 Å². The van der Waals surface area contributed by atoms with E-state index < -0.39 is 0 Å². The first-order valence-electron chi connectivity index (χ1n) is 8.37. The first kappa shape index (κ1) is 19.2. The Morgan fingerprint density at radius 3 is 2.61 bits per heavy atom. The molecule has 1 rings (SSSR count). The highest BCUT2D eigenvalue weighted by molar-refractivity contribution is 6.05. The Balaban J connectivity index is 2.92. The Morgan fingerprint density at radius 2 is 2.00 bits per heavy atom. The van der Waals surface area contributed by atoms with E-state index in [1.54, 1.807) is 7.05 Å². The predicted molar refractivity (Wildman–Crippen MR) is 98.2 cm³/mol. The van der Waals surface area contributed by atoms with Gasteiger partial charge in [0.05, 0.1) is 17.1 Å². The number of benzene rings is 1. The van der Waals surface area contributed by atoms with Gasteiger partial charge in [0.1, 0.15) is 0 Å². The molecular formula is C18H30N4O. The van der Waals surface area contributed by atoms with Gasteiger partial charge in [-0.3, -0.25) is 9.79 Å². The zero-order chi connectivity index (χ0) is 17.2. The minimum atomic E-state index is -0.123. The van der Waals surface area contributed by atoms with E-state index in [-0.39, 0.29) is 5.91 Å². The van der Waals surface area contributed by atoms with Crippen molar-refractivity contribution in [3.63, 3.8) is 0 Å². The number of anilines is 1. The van der Waals surface area contributed by atoms with Gasteiger partial charge in [0.2, 0.25) is 0 Å². The van der Waals surface area contributed by atoms with Crippen LogP contribution in [0.2, 0.25) is 0 Å². The highest BCUT2D eigenvalue weighted by atomic mass is 16.1. The summed E-state index contributed by atoms with van der Waals surface area (Å²) in [5, 5.41) is 5.95. The van der Waals surface area contributed by atoms with E-state index in [0.29, 0.717) is 12.1 Å². The van der Waals surface area contributed by atoms with Gasteiger partial charge in [-0.2, -0.15) is 0 Å². The highest BCUT2D eigenvalue weighted by Gasteiger charge is 2.15. The molecule has 0 unspecified atom stereocenters. The molecular weight excluding hydrogens is 288 g/mol. The number of aryl methyl sites for hydroxylation is 1. The molecule has 0 aromatic heterocycles. The summed E-state index contributed by atoms with van der Waals surface area (Å²) < 4.78 is 0. The van der Waals surface area contributed by atoms with Gasteiger partial charge in [0.25, 0.3) is 5.91 Å². The van der Waals surface area contributed by atoms with Gasteiger partial charge in [-0.25, -0.2) is 0 Å². The fraction of sp³-hybridized carbons (Fsp3) is 0.556. The van der Waals surface area contributed by atoms with Gasteiger partial charge in [-0.15, -0.1) is 0 Å². The number of carbonyl (C=O) groups excluding carboxylic acids is 1. The van der Waals surface area contributed by atoms with Crippen LogP contribution in [-0.2, 0) is 6.54 Å². The minimum Gasteiger partial charge on any atom is -0.355 e. The van der Waals surface area contributed by atoms with E-state index >= 15 is 0 Å². The van der Waals surface area contributed by atoms with Crippen molar-refractivity contribution in [2.75, 3.05) is 18.9 Å². The molecule has 0 heterocycles. The van der Waals surface area contributed by atoms with Gasteiger partial charge < -0.3 is 16.4 Å². The van der Waals surface area contributed by atoms with Crippen molar-refractivity contribution in [3.8, 4) is 0 Å². The van der Waals surface area contributed by atoms with Gasteiger partial charge in [-0.05, 0) is 37.5 Å². The van der Waals surface area contributed by atoms with Crippen molar-refractivity contribution in [1.29, 1.82) is 0 Å². The molecule has 0 saturated carbocycles. The second kappa shape index (κ2) is 10.0. The summed E-state index contributed by atoms with van der Waals surface area (Å²) in [6.07, 6.45) is 4.76. The van der Waals surface area contributed by atoms with Crippen molar-refractivity contribution < 1.29 is 4.79 Å². The third-order valence-electron chi connectivity index (χ3n) is 3.72. The summed E-state index contributed by atoms with van der Waals surface area (Å²) in [4.78, 5) is 16.7. The molecule has 0 aliphatic carbocycles. The van der Waals surface area contributed by atoms with E-state index in [1.165, 1.54) is 19.3 Å².